The lowest BCUT2D eigenvalue weighted by atomic mass is 10.1. The molecule has 2 aromatic carbocycles. The van der Waals surface area contributed by atoms with Crippen molar-refractivity contribution in [3.8, 4) is 17.0 Å². The number of rotatable bonds is 10. The number of benzene rings is 2. The van der Waals surface area contributed by atoms with Gasteiger partial charge in [-0.1, -0.05) is 48.6 Å². The number of carbonyl (C=O) groups excluding carboxylic acids is 1. The summed E-state index contributed by atoms with van der Waals surface area (Å²) < 4.78 is 18.1. The standard InChI is InChI=1S/C27H27IN6O4/c1-36-22-5-3-2-4-21(22)27(35)30-15-17-6-8-18(9-7-17)24-23-25(29)31-16-32-26(23)34(33-24)19-10-11-20(14-19)37-12-13-38-28/h2-11,16,19-20H,12-15H2,1H3,(H,30,35)(H2,29,31,32)/t19-,20-/m0/s1. The summed E-state index contributed by atoms with van der Waals surface area (Å²) in [6.45, 7) is 1.43. The molecule has 0 saturated heterocycles. The summed E-state index contributed by atoms with van der Waals surface area (Å²) in [6.07, 6.45) is 6.31. The van der Waals surface area contributed by atoms with Crippen molar-refractivity contribution in [1.82, 2.24) is 25.1 Å². The van der Waals surface area contributed by atoms with E-state index < -0.39 is 0 Å². The van der Waals surface area contributed by atoms with Gasteiger partial charge in [0, 0.05) is 18.5 Å². The van der Waals surface area contributed by atoms with Crippen molar-refractivity contribution in [1.29, 1.82) is 0 Å². The van der Waals surface area contributed by atoms with Crippen LogP contribution in [0, 0.1) is 0 Å². The number of methoxy groups -OCH3 is 1. The zero-order chi connectivity index (χ0) is 26.5. The normalized spacial score (nSPS) is 16.7. The quantitative estimate of drug-likeness (QED) is 0.152. The lowest BCUT2D eigenvalue weighted by Crippen LogP contribution is -2.23. The van der Waals surface area contributed by atoms with E-state index >= 15 is 0 Å². The average Bonchev–Trinajstić information content (AvgIpc) is 3.58. The van der Waals surface area contributed by atoms with Crippen molar-refractivity contribution in [2.45, 2.75) is 25.1 Å². The smallest absolute Gasteiger partial charge is 0.255 e. The van der Waals surface area contributed by atoms with Crippen molar-refractivity contribution >= 4 is 45.8 Å². The largest absolute Gasteiger partial charge is 0.496 e. The summed E-state index contributed by atoms with van der Waals surface area (Å²) >= 11 is 1.86. The number of hydrogen-bond acceptors (Lipinski definition) is 8. The van der Waals surface area contributed by atoms with Crippen LogP contribution in [0.4, 0.5) is 5.82 Å². The number of fused-ring (bicyclic) bond motifs is 1. The van der Waals surface area contributed by atoms with Gasteiger partial charge in [0.25, 0.3) is 5.91 Å². The maximum Gasteiger partial charge on any atom is 0.255 e. The molecule has 1 aliphatic rings. The average molecular weight is 626 g/mol. The van der Waals surface area contributed by atoms with Gasteiger partial charge in [-0.3, -0.25) is 4.79 Å². The summed E-state index contributed by atoms with van der Waals surface area (Å²) in [5.74, 6) is 0.709. The van der Waals surface area contributed by atoms with E-state index in [9.17, 15) is 4.79 Å². The molecule has 38 heavy (non-hydrogen) atoms. The second-order valence-corrected chi connectivity index (χ2v) is 9.36. The number of aromatic nitrogens is 4. The topological polar surface area (TPSA) is 126 Å². The van der Waals surface area contributed by atoms with Gasteiger partial charge in [-0.2, -0.15) is 5.10 Å². The highest BCUT2D eigenvalue weighted by Crippen LogP contribution is 2.35. The number of hydrogen-bond donors (Lipinski definition) is 2. The van der Waals surface area contributed by atoms with E-state index in [0.717, 1.165) is 17.5 Å². The Morgan fingerprint density at radius 1 is 1.13 bits per heavy atom. The van der Waals surface area contributed by atoms with Crippen LogP contribution in [0.5, 0.6) is 5.75 Å². The molecule has 196 valence electrons. The van der Waals surface area contributed by atoms with Crippen molar-refractivity contribution in [2.24, 2.45) is 0 Å². The highest BCUT2D eigenvalue weighted by molar-refractivity contribution is 14.1. The molecule has 0 bridgehead atoms. The third-order valence-electron chi connectivity index (χ3n) is 6.38. The predicted molar refractivity (Wildman–Crippen MR) is 152 cm³/mol. The third-order valence-corrected chi connectivity index (χ3v) is 6.82. The number of nitrogens with one attached hydrogen (secondary N) is 1. The molecule has 11 heteroatoms. The first kappa shape index (κ1) is 26.1. The van der Waals surface area contributed by atoms with E-state index in [1.54, 1.807) is 25.3 Å². The van der Waals surface area contributed by atoms with Gasteiger partial charge >= 0.3 is 0 Å². The summed E-state index contributed by atoms with van der Waals surface area (Å²) in [6, 6.07) is 14.9. The molecular weight excluding hydrogens is 599 g/mol. The lowest BCUT2D eigenvalue weighted by Gasteiger charge is -2.13. The number of carbonyl (C=O) groups is 1. The van der Waals surface area contributed by atoms with E-state index in [1.165, 1.54) is 6.33 Å². The van der Waals surface area contributed by atoms with Crippen LogP contribution in [0.2, 0.25) is 0 Å². The monoisotopic (exact) mass is 626 g/mol. The van der Waals surface area contributed by atoms with Gasteiger partial charge < -0.3 is 23.6 Å². The molecule has 0 unspecified atom stereocenters. The number of amides is 1. The summed E-state index contributed by atoms with van der Waals surface area (Å²) in [5.41, 5.74) is 9.98. The number of ether oxygens (including phenoxy) is 2. The first-order valence-electron chi connectivity index (χ1n) is 12.1. The number of anilines is 1. The van der Waals surface area contributed by atoms with E-state index in [1.807, 2.05) is 64.1 Å². The van der Waals surface area contributed by atoms with E-state index in [4.69, 9.17) is 23.4 Å². The number of halogens is 1. The van der Waals surface area contributed by atoms with Gasteiger partial charge in [0.2, 0.25) is 0 Å². The number of allylic oxidation sites excluding steroid dienone is 1. The minimum Gasteiger partial charge on any atom is -0.496 e. The molecule has 0 saturated carbocycles. The van der Waals surface area contributed by atoms with Crippen molar-refractivity contribution in [3.05, 3.63) is 78.1 Å². The van der Waals surface area contributed by atoms with Crippen LogP contribution in [0.3, 0.4) is 0 Å². The fourth-order valence-corrected chi connectivity index (χ4v) is 4.68. The first-order valence-corrected chi connectivity index (χ1v) is 13.0. The van der Waals surface area contributed by atoms with Gasteiger partial charge in [-0.25, -0.2) is 14.6 Å². The van der Waals surface area contributed by atoms with Crippen LogP contribution in [0.25, 0.3) is 22.3 Å². The van der Waals surface area contributed by atoms with Crippen LogP contribution in [0.1, 0.15) is 28.4 Å². The minimum atomic E-state index is -0.199. The summed E-state index contributed by atoms with van der Waals surface area (Å²) in [4.78, 5) is 21.3. The summed E-state index contributed by atoms with van der Waals surface area (Å²) in [5, 5.41) is 8.57. The molecule has 3 N–H and O–H groups in total. The molecule has 4 aromatic rings. The fraction of sp³-hybridized carbons (Fsp3) is 0.259. The Hall–Kier alpha value is -3.55. The Balaban J connectivity index is 1.34. The van der Waals surface area contributed by atoms with E-state index in [2.05, 4.69) is 21.4 Å². The van der Waals surface area contributed by atoms with E-state index in [0.29, 0.717) is 53.6 Å². The van der Waals surface area contributed by atoms with Gasteiger partial charge in [-0.15, -0.1) is 0 Å². The fourth-order valence-electron chi connectivity index (χ4n) is 4.50. The van der Waals surface area contributed by atoms with Crippen LogP contribution in [-0.2, 0) is 14.3 Å². The highest BCUT2D eigenvalue weighted by Gasteiger charge is 2.26. The molecule has 2 aromatic heterocycles. The van der Waals surface area contributed by atoms with Gasteiger partial charge in [0.15, 0.2) is 5.65 Å². The third kappa shape index (κ3) is 5.49. The van der Waals surface area contributed by atoms with Crippen molar-refractivity contribution < 1.29 is 17.3 Å². The maximum atomic E-state index is 12.6. The molecule has 5 rings (SSSR count). The van der Waals surface area contributed by atoms with Crippen molar-refractivity contribution in [3.63, 3.8) is 0 Å². The van der Waals surface area contributed by atoms with E-state index in [-0.39, 0.29) is 18.1 Å². The second-order valence-electron chi connectivity index (χ2n) is 8.74. The maximum absolute atomic E-state index is 12.6. The predicted octanol–water partition coefficient (Wildman–Crippen LogP) is 4.27. The molecule has 2 atom stereocenters. The number of nitrogens with zero attached hydrogens (tertiary/aromatic N) is 4. The number of nitrogen functional groups attached to an aromatic ring is 1. The molecule has 0 fully saturated rings. The van der Waals surface area contributed by atoms with Crippen LogP contribution >= 0.6 is 23.0 Å². The van der Waals surface area contributed by atoms with Gasteiger partial charge in [0.1, 0.15) is 46.6 Å². The van der Waals surface area contributed by atoms with Gasteiger partial charge in [-0.05, 0) is 17.7 Å². The van der Waals surface area contributed by atoms with Crippen LogP contribution < -0.4 is 15.8 Å². The van der Waals surface area contributed by atoms with Crippen LogP contribution in [-0.4, -0.2) is 52.1 Å². The van der Waals surface area contributed by atoms with Crippen LogP contribution in [0.15, 0.2) is 67.0 Å². The van der Waals surface area contributed by atoms with Gasteiger partial charge in [0.05, 0.1) is 43.4 Å². The number of nitrogens with two attached hydrogens (primary N) is 1. The Morgan fingerprint density at radius 3 is 2.74 bits per heavy atom. The molecular formula is C27H27IN6O4. The van der Waals surface area contributed by atoms with Crippen molar-refractivity contribution in [2.75, 3.05) is 26.1 Å². The molecule has 1 amide bonds. The Bertz CT molecular complexity index is 1460. The zero-order valence-electron chi connectivity index (χ0n) is 20.7. The Kier molecular flexibility index (Phi) is 8.15. The zero-order valence-corrected chi connectivity index (χ0v) is 22.9. The molecule has 10 nitrogen and oxygen atoms in total. The molecule has 0 radical (unpaired) electrons. The second kappa shape index (κ2) is 11.9. The molecule has 2 heterocycles. The SMILES string of the molecule is COc1ccccc1C(=O)NCc1ccc(-c2nn([C@H]3C=C[C@H](OCCOI)C3)c3ncnc(N)c23)cc1. The summed E-state index contributed by atoms with van der Waals surface area (Å²) in [7, 11) is 1.55. The molecule has 0 aliphatic heterocycles. The first-order chi connectivity index (χ1) is 18.6. The Morgan fingerprint density at radius 2 is 1.95 bits per heavy atom. The molecule has 1 aliphatic carbocycles. The highest BCUT2D eigenvalue weighted by atomic mass is 127. The molecule has 0 spiro atoms. The minimum absolute atomic E-state index is 0.0150. The number of para-hydroxylation sites is 1. The Labute approximate surface area is 233 Å². The lowest BCUT2D eigenvalue weighted by molar-refractivity contribution is 0.0647.